The van der Waals surface area contributed by atoms with E-state index in [1.165, 1.54) is 13.8 Å². The van der Waals surface area contributed by atoms with Crippen molar-refractivity contribution in [3.8, 4) is 0 Å². The number of aliphatic hydroxyl groups excluding tert-OH is 4. The van der Waals surface area contributed by atoms with Gasteiger partial charge in [-0.05, 0) is 38.8 Å². The number of aromatic nitrogens is 4. The van der Waals surface area contributed by atoms with Gasteiger partial charge in [0.25, 0.3) is 0 Å². The molecule has 0 fully saturated rings. The third-order valence-electron chi connectivity index (χ3n) is 3.04. The van der Waals surface area contributed by atoms with Crippen molar-refractivity contribution in [2.24, 2.45) is 0 Å². The molecule has 132 valence electrons. The summed E-state index contributed by atoms with van der Waals surface area (Å²) in [5.74, 6) is 0.520. The fraction of sp³-hybridized carbons (Fsp3) is 0.500. The molecule has 24 heavy (non-hydrogen) atoms. The first-order chi connectivity index (χ1) is 11.2. The summed E-state index contributed by atoms with van der Waals surface area (Å²) in [4.78, 5) is 15.5. The summed E-state index contributed by atoms with van der Waals surface area (Å²) >= 11 is 0. The second kappa shape index (κ2) is 9.33. The minimum atomic E-state index is -0.995. The molecule has 0 amide bonds. The van der Waals surface area contributed by atoms with Crippen LogP contribution in [0.4, 0.5) is 0 Å². The third kappa shape index (κ3) is 6.25. The Kier molecular flexibility index (Phi) is 7.80. The van der Waals surface area contributed by atoms with Gasteiger partial charge in [0, 0.05) is 24.8 Å². The first-order valence-electron chi connectivity index (χ1n) is 7.51. The van der Waals surface area contributed by atoms with Crippen LogP contribution in [0.2, 0.25) is 0 Å². The number of hydrogen-bond donors (Lipinski definition) is 4. The van der Waals surface area contributed by atoms with Crippen LogP contribution in [0, 0.1) is 13.8 Å². The molecule has 0 aromatic carbocycles. The first-order valence-corrected chi connectivity index (χ1v) is 7.51. The smallest absolute Gasteiger partial charge is 0.159 e. The zero-order chi connectivity index (χ0) is 18.3. The molecule has 0 aliphatic heterocycles. The van der Waals surface area contributed by atoms with E-state index < -0.39 is 24.4 Å². The van der Waals surface area contributed by atoms with Crippen LogP contribution in [-0.2, 0) is 0 Å². The number of nitrogens with zero attached hydrogens (tertiary/aromatic N) is 4. The Morgan fingerprint density at radius 1 is 0.625 bits per heavy atom. The molecule has 2 aromatic heterocycles. The Morgan fingerprint density at radius 2 is 0.875 bits per heavy atom. The standard InChI is InChI=1S/2C8H12N2O2/c2*1-5-3-9-8(10-4-5)7(12)6(2)11/h2*3-4,6-7,11-12H,1-2H3/t2*6-,7+/m10/s1. The average molecular weight is 336 g/mol. The highest BCUT2D eigenvalue weighted by Crippen LogP contribution is 2.11. The summed E-state index contributed by atoms with van der Waals surface area (Å²) in [6, 6.07) is 0. The van der Waals surface area contributed by atoms with E-state index in [1.807, 2.05) is 13.8 Å². The third-order valence-corrected chi connectivity index (χ3v) is 3.04. The second-order valence-corrected chi connectivity index (χ2v) is 5.61. The fourth-order valence-electron chi connectivity index (χ4n) is 1.54. The molecule has 0 bridgehead atoms. The Morgan fingerprint density at radius 3 is 1.08 bits per heavy atom. The minimum Gasteiger partial charge on any atom is -0.390 e. The topological polar surface area (TPSA) is 132 Å². The van der Waals surface area contributed by atoms with Crippen LogP contribution in [0.25, 0.3) is 0 Å². The van der Waals surface area contributed by atoms with Crippen LogP contribution >= 0.6 is 0 Å². The van der Waals surface area contributed by atoms with Gasteiger partial charge in [-0.2, -0.15) is 0 Å². The van der Waals surface area contributed by atoms with Gasteiger partial charge in [0.05, 0.1) is 12.2 Å². The van der Waals surface area contributed by atoms with Crippen molar-refractivity contribution in [2.45, 2.75) is 52.1 Å². The quantitative estimate of drug-likeness (QED) is 0.630. The van der Waals surface area contributed by atoms with Crippen molar-refractivity contribution in [1.82, 2.24) is 19.9 Å². The van der Waals surface area contributed by atoms with Crippen LogP contribution in [0.5, 0.6) is 0 Å². The maximum Gasteiger partial charge on any atom is 0.159 e. The van der Waals surface area contributed by atoms with E-state index in [2.05, 4.69) is 19.9 Å². The molecular formula is C16H24N4O4. The van der Waals surface area contributed by atoms with Gasteiger partial charge < -0.3 is 20.4 Å². The van der Waals surface area contributed by atoms with Gasteiger partial charge in [-0.3, -0.25) is 0 Å². The van der Waals surface area contributed by atoms with Crippen molar-refractivity contribution < 1.29 is 20.4 Å². The maximum atomic E-state index is 9.31. The van der Waals surface area contributed by atoms with Crippen molar-refractivity contribution in [3.05, 3.63) is 47.6 Å². The van der Waals surface area contributed by atoms with E-state index in [0.29, 0.717) is 0 Å². The van der Waals surface area contributed by atoms with E-state index in [9.17, 15) is 10.2 Å². The first kappa shape index (κ1) is 20.0. The number of aryl methyl sites for hydroxylation is 2. The van der Waals surface area contributed by atoms with Gasteiger partial charge in [-0.25, -0.2) is 19.9 Å². The number of hydrogen-bond acceptors (Lipinski definition) is 8. The van der Waals surface area contributed by atoms with Crippen LogP contribution in [0.15, 0.2) is 24.8 Å². The monoisotopic (exact) mass is 336 g/mol. The van der Waals surface area contributed by atoms with E-state index in [0.717, 1.165) is 11.1 Å². The van der Waals surface area contributed by atoms with Crippen molar-refractivity contribution in [2.75, 3.05) is 0 Å². The van der Waals surface area contributed by atoms with Gasteiger partial charge in [-0.1, -0.05) is 0 Å². The van der Waals surface area contributed by atoms with Gasteiger partial charge in [0.1, 0.15) is 12.2 Å². The molecule has 8 heteroatoms. The minimum absolute atomic E-state index is 0.260. The van der Waals surface area contributed by atoms with Gasteiger partial charge in [0.2, 0.25) is 0 Å². The molecule has 0 aliphatic carbocycles. The summed E-state index contributed by atoms with van der Waals surface area (Å²) in [5, 5.41) is 36.7. The Hall–Kier alpha value is -2.00. The molecule has 8 nitrogen and oxygen atoms in total. The van der Waals surface area contributed by atoms with Gasteiger partial charge in [0.15, 0.2) is 11.6 Å². The molecule has 0 spiro atoms. The SMILES string of the molecule is Cc1cnc([C@@H](O)[C@@H](C)O)nc1.Cc1cnc([C@H](O)[C@H](C)O)nc1. The van der Waals surface area contributed by atoms with E-state index >= 15 is 0 Å². The highest BCUT2D eigenvalue weighted by Gasteiger charge is 2.16. The van der Waals surface area contributed by atoms with Crippen molar-refractivity contribution in [1.29, 1.82) is 0 Å². The number of rotatable bonds is 4. The van der Waals surface area contributed by atoms with Crippen LogP contribution < -0.4 is 0 Å². The molecule has 0 aliphatic rings. The van der Waals surface area contributed by atoms with E-state index in [-0.39, 0.29) is 11.6 Å². The normalized spacial score (nSPS) is 15.7. The lowest BCUT2D eigenvalue weighted by molar-refractivity contribution is 0.0248. The summed E-state index contributed by atoms with van der Waals surface area (Å²) in [7, 11) is 0. The molecular weight excluding hydrogens is 312 g/mol. The van der Waals surface area contributed by atoms with E-state index in [4.69, 9.17) is 10.2 Å². The van der Waals surface area contributed by atoms with Gasteiger partial charge in [-0.15, -0.1) is 0 Å². The molecule has 2 rings (SSSR count). The van der Waals surface area contributed by atoms with E-state index in [1.54, 1.807) is 24.8 Å². The predicted octanol–water partition coefficient (Wildman–Crippen LogP) is 0.398. The molecule has 4 N–H and O–H groups in total. The summed E-state index contributed by atoms with van der Waals surface area (Å²) in [5.41, 5.74) is 1.85. The zero-order valence-electron chi connectivity index (χ0n) is 14.2. The molecule has 0 unspecified atom stereocenters. The second-order valence-electron chi connectivity index (χ2n) is 5.61. The number of aliphatic hydroxyl groups is 4. The maximum absolute atomic E-state index is 9.31. The Balaban J connectivity index is 0.000000240. The predicted molar refractivity (Wildman–Crippen MR) is 86.8 cm³/mol. The fourth-order valence-corrected chi connectivity index (χ4v) is 1.54. The zero-order valence-corrected chi connectivity index (χ0v) is 14.2. The highest BCUT2D eigenvalue weighted by molar-refractivity contribution is 5.04. The lowest BCUT2D eigenvalue weighted by atomic mass is 10.2. The van der Waals surface area contributed by atoms with Crippen LogP contribution in [-0.4, -0.2) is 52.6 Å². The molecule has 2 heterocycles. The van der Waals surface area contributed by atoms with Crippen LogP contribution in [0.3, 0.4) is 0 Å². The van der Waals surface area contributed by atoms with Gasteiger partial charge >= 0.3 is 0 Å². The highest BCUT2D eigenvalue weighted by atomic mass is 16.3. The largest absolute Gasteiger partial charge is 0.390 e. The van der Waals surface area contributed by atoms with Crippen molar-refractivity contribution in [3.63, 3.8) is 0 Å². The Labute approximate surface area is 140 Å². The van der Waals surface area contributed by atoms with Crippen molar-refractivity contribution >= 4 is 0 Å². The molecule has 0 saturated carbocycles. The average Bonchev–Trinajstić information content (AvgIpc) is 2.55. The summed E-state index contributed by atoms with van der Waals surface area (Å²) < 4.78 is 0. The summed E-state index contributed by atoms with van der Waals surface area (Å²) in [6.07, 6.45) is 2.75. The molecule has 0 saturated heterocycles. The molecule has 2 aromatic rings. The Bertz CT molecular complexity index is 547. The van der Waals surface area contributed by atoms with Crippen LogP contribution in [0.1, 0.15) is 48.8 Å². The molecule has 0 radical (unpaired) electrons. The summed E-state index contributed by atoms with van der Waals surface area (Å²) in [6.45, 7) is 6.71. The molecule has 4 atom stereocenters. The lowest BCUT2D eigenvalue weighted by Crippen LogP contribution is -2.16. The lowest BCUT2D eigenvalue weighted by Gasteiger charge is -2.11.